The van der Waals surface area contributed by atoms with Gasteiger partial charge in [-0.05, 0) is 57.5 Å². The smallest absolute Gasteiger partial charge is 0.323 e. The van der Waals surface area contributed by atoms with Crippen LogP contribution in [0.15, 0.2) is 6.20 Å². The number of carbonyl (C=O) groups is 1. The highest BCUT2D eigenvalue weighted by Gasteiger charge is 2.29. The molecule has 3 heterocycles. The van der Waals surface area contributed by atoms with Gasteiger partial charge < -0.3 is 10.2 Å². The van der Waals surface area contributed by atoms with Gasteiger partial charge in [0.2, 0.25) is 0 Å². The Bertz CT molecular complexity index is 476. The summed E-state index contributed by atoms with van der Waals surface area (Å²) in [5.74, 6) is 1.59. The molecule has 0 aliphatic carbocycles. The summed E-state index contributed by atoms with van der Waals surface area (Å²) >= 11 is 1.53. The molecule has 5 nitrogen and oxygen atoms in total. The number of carbonyl (C=O) groups excluding carboxylic acids is 1. The molecule has 1 atom stereocenters. The van der Waals surface area contributed by atoms with Crippen molar-refractivity contribution in [1.29, 1.82) is 0 Å². The first-order valence-corrected chi connectivity index (χ1v) is 8.73. The highest BCUT2D eigenvalue weighted by atomic mass is 32.1. The summed E-state index contributed by atoms with van der Waals surface area (Å²) in [6, 6.07) is 0.00423. The third-order valence-electron chi connectivity index (χ3n) is 4.66. The van der Waals surface area contributed by atoms with Crippen molar-refractivity contribution < 1.29 is 4.79 Å². The monoisotopic (exact) mass is 308 g/mol. The molecule has 0 bridgehead atoms. The molecule has 0 radical (unpaired) electrons. The van der Waals surface area contributed by atoms with E-state index in [-0.39, 0.29) is 6.03 Å². The maximum absolute atomic E-state index is 12.2. The Balaban J connectivity index is 1.47. The summed E-state index contributed by atoms with van der Waals surface area (Å²) in [5.41, 5.74) is 0. The van der Waals surface area contributed by atoms with E-state index in [1.807, 2.05) is 11.8 Å². The van der Waals surface area contributed by atoms with Crippen LogP contribution in [0.5, 0.6) is 0 Å². The fraction of sp³-hybridized carbons (Fsp3) is 0.733. The topological polar surface area (TPSA) is 57.3 Å². The minimum absolute atomic E-state index is 0.00423. The van der Waals surface area contributed by atoms with E-state index >= 15 is 0 Å². The Morgan fingerprint density at radius 3 is 2.81 bits per heavy atom. The van der Waals surface area contributed by atoms with Crippen molar-refractivity contribution in [1.82, 2.24) is 15.2 Å². The zero-order valence-corrected chi connectivity index (χ0v) is 13.4. The van der Waals surface area contributed by atoms with Crippen molar-refractivity contribution >= 4 is 22.5 Å². The lowest BCUT2D eigenvalue weighted by Crippen LogP contribution is -2.44. The number of urea groups is 1. The van der Waals surface area contributed by atoms with Gasteiger partial charge in [0.1, 0.15) is 0 Å². The number of hydrogen-bond donors (Lipinski definition) is 2. The molecule has 21 heavy (non-hydrogen) atoms. The van der Waals surface area contributed by atoms with E-state index in [0.717, 1.165) is 49.2 Å². The van der Waals surface area contributed by atoms with E-state index in [4.69, 9.17) is 0 Å². The number of rotatable bonds is 2. The van der Waals surface area contributed by atoms with Crippen LogP contribution in [0.3, 0.4) is 0 Å². The van der Waals surface area contributed by atoms with Gasteiger partial charge in [-0.15, -0.1) is 11.3 Å². The van der Waals surface area contributed by atoms with Gasteiger partial charge in [-0.2, -0.15) is 0 Å². The number of aromatic nitrogens is 1. The molecule has 2 amide bonds. The van der Waals surface area contributed by atoms with Crippen molar-refractivity contribution in [2.24, 2.45) is 11.8 Å². The molecule has 1 unspecified atom stereocenters. The van der Waals surface area contributed by atoms with Gasteiger partial charge in [0.15, 0.2) is 5.13 Å². The van der Waals surface area contributed by atoms with Crippen molar-refractivity contribution in [2.45, 2.75) is 32.6 Å². The maximum atomic E-state index is 12.2. The SMILES string of the molecule is Cc1cnc(NC(=O)N2CCC(C3CCCNC3)CC2)s1. The number of thiazole rings is 1. The summed E-state index contributed by atoms with van der Waals surface area (Å²) in [5, 5.41) is 7.11. The Kier molecular flexibility index (Phi) is 4.75. The highest BCUT2D eigenvalue weighted by Crippen LogP contribution is 2.29. The Morgan fingerprint density at radius 2 is 2.19 bits per heavy atom. The van der Waals surface area contributed by atoms with Crippen LogP contribution in [-0.4, -0.2) is 42.1 Å². The van der Waals surface area contributed by atoms with Crippen LogP contribution in [-0.2, 0) is 0 Å². The molecule has 0 spiro atoms. The highest BCUT2D eigenvalue weighted by molar-refractivity contribution is 7.15. The van der Waals surface area contributed by atoms with Crippen LogP contribution >= 0.6 is 11.3 Å². The molecule has 3 rings (SSSR count). The predicted molar refractivity (Wildman–Crippen MR) is 85.8 cm³/mol. The molecule has 0 saturated carbocycles. The predicted octanol–water partition coefficient (Wildman–Crippen LogP) is 2.70. The van der Waals surface area contributed by atoms with Gasteiger partial charge in [-0.1, -0.05) is 0 Å². The number of hydrogen-bond acceptors (Lipinski definition) is 4. The standard InChI is InChI=1S/C15H24N4OS/c1-11-9-17-14(21-11)18-15(20)19-7-4-12(5-8-19)13-3-2-6-16-10-13/h9,12-13,16H,2-8,10H2,1H3,(H,17,18,20). The normalized spacial score (nSPS) is 24.0. The van der Waals surface area contributed by atoms with Gasteiger partial charge in [0, 0.05) is 24.2 Å². The molecular formula is C15H24N4OS. The van der Waals surface area contributed by atoms with Gasteiger partial charge >= 0.3 is 6.03 Å². The lowest BCUT2D eigenvalue weighted by atomic mass is 9.80. The molecule has 2 aliphatic heterocycles. The lowest BCUT2D eigenvalue weighted by Gasteiger charge is -2.37. The number of nitrogens with one attached hydrogen (secondary N) is 2. The minimum atomic E-state index is 0.00423. The van der Waals surface area contributed by atoms with E-state index < -0.39 is 0 Å². The van der Waals surface area contributed by atoms with E-state index in [2.05, 4.69) is 15.6 Å². The maximum Gasteiger partial charge on any atom is 0.323 e. The van der Waals surface area contributed by atoms with Gasteiger partial charge in [0.25, 0.3) is 0 Å². The van der Waals surface area contributed by atoms with Crippen LogP contribution < -0.4 is 10.6 Å². The number of amides is 2. The third-order valence-corrected chi connectivity index (χ3v) is 5.49. The van der Waals surface area contributed by atoms with Crippen molar-refractivity contribution in [2.75, 3.05) is 31.5 Å². The Hall–Kier alpha value is -1.14. The van der Waals surface area contributed by atoms with Crippen molar-refractivity contribution in [3.05, 3.63) is 11.1 Å². The summed E-state index contributed by atoms with van der Waals surface area (Å²) in [6.07, 6.45) is 6.72. The van der Waals surface area contributed by atoms with Gasteiger partial charge in [0.05, 0.1) is 0 Å². The lowest BCUT2D eigenvalue weighted by molar-refractivity contribution is 0.146. The first-order valence-electron chi connectivity index (χ1n) is 7.91. The van der Waals surface area contributed by atoms with Gasteiger partial charge in [-0.25, -0.2) is 9.78 Å². The Labute approximate surface area is 130 Å². The molecule has 1 aromatic heterocycles. The van der Waals surface area contributed by atoms with Crippen LogP contribution in [0.2, 0.25) is 0 Å². The van der Waals surface area contributed by atoms with Crippen molar-refractivity contribution in [3.63, 3.8) is 0 Å². The molecule has 0 aromatic carbocycles. The molecule has 6 heteroatoms. The summed E-state index contributed by atoms with van der Waals surface area (Å²) < 4.78 is 0. The minimum Gasteiger partial charge on any atom is -0.324 e. The molecule has 1 aromatic rings. The number of piperidine rings is 2. The largest absolute Gasteiger partial charge is 0.324 e. The second-order valence-electron chi connectivity index (χ2n) is 6.14. The number of nitrogens with zero attached hydrogens (tertiary/aromatic N) is 2. The second-order valence-corrected chi connectivity index (χ2v) is 7.37. The first kappa shape index (κ1) is 14.8. The van der Waals surface area contributed by atoms with Crippen LogP contribution in [0.25, 0.3) is 0 Å². The second kappa shape index (κ2) is 6.75. The number of anilines is 1. The summed E-state index contributed by atoms with van der Waals surface area (Å²) in [6.45, 7) is 6.08. The van der Waals surface area contributed by atoms with Crippen LogP contribution in [0, 0.1) is 18.8 Å². The van der Waals surface area contributed by atoms with Gasteiger partial charge in [-0.3, -0.25) is 5.32 Å². The fourth-order valence-electron chi connectivity index (χ4n) is 3.44. The quantitative estimate of drug-likeness (QED) is 0.883. The van der Waals surface area contributed by atoms with E-state index in [0.29, 0.717) is 5.13 Å². The summed E-state index contributed by atoms with van der Waals surface area (Å²) in [7, 11) is 0. The molecule has 2 saturated heterocycles. The van der Waals surface area contributed by atoms with Crippen LogP contribution in [0.4, 0.5) is 9.93 Å². The van der Waals surface area contributed by atoms with Crippen molar-refractivity contribution in [3.8, 4) is 0 Å². The molecule has 2 fully saturated rings. The molecular weight excluding hydrogens is 284 g/mol. The zero-order chi connectivity index (χ0) is 14.7. The average Bonchev–Trinajstić information content (AvgIpc) is 2.93. The zero-order valence-electron chi connectivity index (χ0n) is 12.6. The summed E-state index contributed by atoms with van der Waals surface area (Å²) in [4.78, 5) is 19.5. The number of aryl methyl sites for hydroxylation is 1. The first-order chi connectivity index (χ1) is 10.2. The van der Waals surface area contributed by atoms with E-state index in [1.54, 1.807) is 6.20 Å². The molecule has 2 aliphatic rings. The molecule has 116 valence electrons. The number of likely N-dealkylation sites (tertiary alicyclic amines) is 1. The van der Waals surface area contributed by atoms with Crippen LogP contribution in [0.1, 0.15) is 30.6 Å². The average molecular weight is 308 g/mol. The molecule has 2 N–H and O–H groups in total. The van der Waals surface area contributed by atoms with E-state index in [1.165, 1.54) is 30.7 Å². The van der Waals surface area contributed by atoms with E-state index in [9.17, 15) is 4.79 Å². The fourth-order valence-corrected chi connectivity index (χ4v) is 4.09. The Morgan fingerprint density at radius 1 is 1.38 bits per heavy atom. The third kappa shape index (κ3) is 3.74.